The van der Waals surface area contributed by atoms with Gasteiger partial charge in [0.05, 0.1) is 5.69 Å². The van der Waals surface area contributed by atoms with E-state index in [-0.39, 0.29) is 17.7 Å². The summed E-state index contributed by atoms with van der Waals surface area (Å²) in [4.78, 5) is 11.5. The topological polar surface area (TPSA) is 113 Å². The summed E-state index contributed by atoms with van der Waals surface area (Å²) in [6, 6.07) is 15.7. The molecule has 0 amide bonds. The van der Waals surface area contributed by atoms with Crippen LogP contribution in [0.15, 0.2) is 48.5 Å². The van der Waals surface area contributed by atoms with Gasteiger partial charge in [0.2, 0.25) is 11.9 Å². The summed E-state index contributed by atoms with van der Waals surface area (Å²) in [6.45, 7) is 6.17. The van der Waals surface area contributed by atoms with E-state index < -0.39 is 5.60 Å². The number of ether oxygens (including phenoxy) is 1. The summed E-state index contributed by atoms with van der Waals surface area (Å²) in [7, 11) is 2.18. The molecule has 1 spiro atoms. The molecule has 0 radical (unpaired) electrons. The van der Waals surface area contributed by atoms with Crippen molar-refractivity contribution in [3.05, 3.63) is 59.9 Å². The first kappa shape index (κ1) is 28.2. The van der Waals surface area contributed by atoms with Crippen molar-refractivity contribution in [3.8, 4) is 22.8 Å². The number of benzene rings is 2. The normalized spacial score (nSPS) is 20.2. The third kappa shape index (κ3) is 5.15. The number of likely N-dealkylation sites (N-methyl/N-ethyl adjacent to an activating group) is 1. The molecule has 4 aliphatic rings. The predicted molar refractivity (Wildman–Crippen MR) is 172 cm³/mol. The lowest BCUT2D eigenvalue weighted by atomic mass is 9.86. The molecule has 2 aromatic carbocycles. The van der Waals surface area contributed by atoms with Crippen molar-refractivity contribution in [2.45, 2.75) is 50.2 Å². The van der Waals surface area contributed by atoms with Crippen LogP contribution in [0.2, 0.25) is 0 Å². The van der Waals surface area contributed by atoms with Gasteiger partial charge in [0.1, 0.15) is 22.9 Å². The van der Waals surface area contributed by atoms with Gasteiger partial charge in [0, 0.05) is 62.1 Å². The SMILES string of the molecule is CN1CCN(C2CCN(c3ccc(Nc4nc(N)n(-c5cc6c(nn5)-c5ccccc5OC65CCCC5)n4)cc3F)CC2)CC1. The molecule has 3 fully saturated rings. The molecule has 2 saturated heterocycles. The Morgan fingerprint density at radius 3 is 2.51 bits per heavy atom. The minimum atomic E-state index is -0.441. The van der Waals surface area contributed by atoms with E-state index in [1.165, 1.54) is 10.7 Å². The molecule has 0 unspecified atom stereocenters. The Labute approximate surface area is 262 Å². The molecule has 234 valence electrons. The van der Waals surface area contributed by atoms with Gasteiger partial charge in [-0.15, -0.1) is 15.3 Å². The fourth-order valence-corrected chi connectivity index (χ4v) is 7.54. The second-order valence-corrected chi connectivity index (χ2v) is 12.8. The Morgan fingerprint density at radius 2 is 1.73 bits per heavy atom. The number of rotatable bonds is 5. The summed E-state index contributed by atoms with van der Waals surface area (Å²) in [5.41, 5.74) is 9.81. The van der Waals surface area contributed by atoms with Crippen LogP contribution in [-0.4, -0.2) is 87.1 Å². The highest BCUT2D eigenvalue weighted by Gasteiger charge is 2.44. The molecule has 5 heterocycles. The van der Waals surface area contributed by atoms with Gasteiger partial charge in [-0.2, -0.15) is 9.67 Å². The molecule has 1 aliphatic carbocycles. The molecule has 8 rings (SSSR count). The summed E-state index contributed by atoms with van der Waals surface area (Å²) < 4.78 is 23.5. The number of para-hydroxylation sites is 1. The minimum absolute atomic E-state index is 0.157. The molecule has 45 heavy (non-hydrogen) atoms. The quantitative estimate of drug-likeness (QED) is 0.333. The molecule has 2 aromatic heterocycles. The van der Waals surface area contributed by atoms with Crippen molar-refractivity contribution in [1.82, 2.24) is 34.8 Å². The van der Waals surface area contributed by atoms with Crippen LogP contribution >= 0.6 is 0 Å². The van der Waals surface area contributed by atoms with Gasteiger partial charge >= 0.3 is 0 Å². The van der Waals surface area contributed by atoms with Crippen LogP contribution in [0.25, 0.3) is 17.1 Å². The Bertz CT molecular complexity index is 1700. The van der Waals surface area contributed by atoms with Gasteiger partial charge < -0.3 is 25.6 Å². The number of aromatic nitrogens is 5. The van der Waals surface area contributed by atoms with Crippen LogP contribution in [0.1, 0.15) is 44.1 Å². The van der Waals surface area contributed by atoms with E-state index in [4.69, 9.17) is 10.5 Å². The molecule has 11 nitrogen and oxygen atoms in total. The van der Waals surface area contributed by atoms with Crippen LogP contribution < -0.4 is 20.7 Å². The van der Waals surface area contributed by atoms with E-state index in [1.807, 2.05) is 42.5 Å². The van der Waals surface area contributed by atoms with Crippen molar-refractivity contribution < 1.29 is 9.13 Å². The summed E-state index contributed by atoms with van der Waals surface area (Å²) in [5.74, 6) is 1.44. The van der Waals surface area contributed by atoms with Crippen molar-refractivity contribution >= 4 is 23.3 Å². The zero-order valence-electron chi connectivity index (χ0n) is 25.6. The molecule has 0 bridgehead atoms. The van der Waals surface area contributed by atoms with Gasteiger partial charge in [-0.3, -0.25) is 4.90 Å². The van der Waals surface area contributed by atoms with Crippen LogP contribution in [-0.2, 0) is 5.60 Å². The Balaban J connectivity index is 0.984. The van der Waals surface area contributed by atoms with Gasteiger partial charge in [0.15, 0.2) is 5.82 Å². The summed E-state index contributed by atoms with van der Waals surface area (Å²) in [6.07, 6.45) is 6.10. The maximum atomic E-state index is 15.4. The number of nitrogens with zero attached hydrogens (tertiary/aromatic N) is 8. The first-order valence-corrected chi connectivity index (χ1v) is 16.1. The lowest BCUT2D eigenvalue weighted by molar-refractivity contribution is 0.0704. The van der Waals surface area contributed by atoms with E-state index >= 15 is 4.39 Å². The molecule has 1 saturated carbocycles. The number of hydrogen-bond donors (Lipinski definition) is 2. The van der Waals surface area contributed by atoms with E-state index in [0.717, 1.165) is 100 Å². The fraction of sp³-hybridized carbons (Fsp3) is 0.455. The van der Waals surface area contributed by atoms with E-state index in [0.29, 0.717) is 23.2 Å². The predicted octanol–water partition coefficient (Wildman–Crippen LogP) is 4.57. The van der Waals surface area contributed by atoms with Crippen molar-refractivity contribution in [2.75, 3.05) is 62.3 Å². The van der Waals surface area contributed by atoms with Gasteiger partial charge in [-0.05, 0) is 82.0 Å². The number of nitrogens with two attached hydrogens (primary N) is 1. The van der Waals surface area contributed by atoms with Crippen molar-refractivity contribution in [3.63, 3.8) is 0 Å². The second-order valence-electron chi connectivity index (χ2n) is 12.8. The molecule has 0 atom stereocenters. The molecule has 3 aliphatic heterocycles. The molecule has 3 N–H and O–H groups in total. The number of nitrogen functional groups attached to an aromatic ring is 1. The number of nitrogens with one attached hydrogen (secondary N) is 1. The van der Waals surface area contributed by atoms with Gasteiger partial charge in [0.25, 0.3) is 0 Å². The maximum Gasteiger partial charge on any atom is 0.248 e. The standard InChI is InChI=1S/C33H39FN10O/c1-41-16-18-42(19-17-41)23-10-14-43(15-11-23)27-9-8-22(20-26(27)34)36-32-37-31(35)44(40-32)29-21-25-30(39-38-29)24-6-2-3-7-28(24)45-33(25)12-4-5-13-33/h2-3,6-9,20-21,23H,4-5,10-19H2,1H3,(H3,35,36,37,40). The highest BCUT2D eigenvalue weighted by atomic mass is 19.1. The van der Waals surface area contributed by atoms with Gasteiger partial charge in [-0.25, -0.2) is 4.39 Å². The van der Waals surface area contributed by atoms with Crippen LogP contribution in [0.3, 0.4) is 0 Å². The summed E-state index contributed by atoms with van der Waals surface area (Å²) >= 11 is 0. The van der Waals surface area contributed by atoms with E-state index in [2.05, 4.69) is 47.3 Å². The van der Waals surface area contributed by atoms with Crippen LogP contribution in [0, 0.1) is 5.82 Å². The molecule has 12 heteroatoms. The smallest absolute Gasteiger partial charge is 0.248 e. The lowest BCUT2D eigenvalue weighted by Crippen LogP contribution is -2.52. The zero-order chi connectivity index (χ0) is 30.5. The van der Waals surface area contributed by atoms with Gasteiger partial charge in [-0.1, -0.05) is 12.1 Å². The number of hydrogen-bond acceptors (Lipinski definition) is 10. The van der Waals surface area contributed by atoms with E-state index in [9.17, 15) is 0 Å². The average Bonchev–Trinajstić information content (AvgIpc) is 3.68. The van der Waals surface area contributed by atoms with Crippen molar-refractivity contribution in [1.29, 1.82) is 0 Å². The minimum Gasteiger partial charge on any atom is -0.482 e. The zero-order valence-corrected chi connectivity index (χ0v) is 25.6. The third-order valence-corrected chi connectivity index (χ3v) is 10.0. The third-order valence-electron chi connectivity index (χ3n) is 10.0. The van der Waals surface area contributed by atoms with Crippen LogP contribution in [0.5, 0.6) is 5.75 Å². The maximum absolute atomic E-state index is 15.4. The highest BCUT2D eigenvalue weighted by Crippen LogP contribution is 2.51. The number of halogens is 1. The van der Waals surface area contributed by atoms with E-state index in [1.54, 1.807) is 0 Å². The summed E-state index contributed by atoms with van der Waals surface area (Å²) in [5, 5.41) is 16.8. The number of anilines is 4. The number of piperazine rings is 1. The first-order valence-electron chi connectivity index (χ1n) is 16.1. The Morgan fingerprint density at radius 1 is 0.956 bits per heavy atom. The number of fused-ring (bicyclic) bond motifs is 4. The highest BCUT2D eigenvalue weighted by molar-refractivity contribution is 5.73. The molecular weight excluding hydrogens is 571 g/mol. The number of piperidine rings is 1. The average molecular weight is 611 g/mol. The van der Waals surface area contributed by atoms with Crippen molar-refractivity contribution in [2.24, 2.45) is 0 Å². The molecule has 4 aromatic rings. The second kappa shape index (κ2) is 11.3. The Hall–Kier alpha value is -4.29. The lowest BCUT2D eigenvalue weighted by Gasteiger charge is -2.42. The fourth-order valence-electron chi connectivity index (χ4n) is 7.54. The van der Waals surface area contributed by atoms with Crippen LogP contribution in [0.4, 0.5) is 27.7 Å². The first-order chi connectivity index (χ1) is 22.0. The largest absolute Gasteiger partial charge is 0.482 e. The Kier molecular flexibility index (Phi) is 7.05. The molecular formula is C33H39FN10O. The monoisotopic (exact) mass is 610 g/mol.